The van der Waals surface area contributed by atoms with Gasteiger partial charge in [-0.25, -0.2) is 9.18 Å². The van der Waals surface area contributed by atoms with Gasteiger partial charge in [-0.2, -0.15) is 5.21 Å². The first-order chi connectivity index (χ1) is 14.5. The van der Waals surface area contributed by atoms with Gasteiger partial charge in [0, 0.05) is 18.9 Å². The number of carbonyl (C=O) groups is 2. The first-order valence-corrected chi connectivity index (χ1v) is 9.33. The molecule has 2 N–H and O–H groups in total. The van der Waals surface area contributed by atoms with Crippen molar-refractivity contribution in [3.63, 3.8) is 0 Å². The Morgan fingerprint density at radius 3 is 2.77 bits per heavy atom. The molecule has 1 aliphatic rings. The first-order valence-electron chi connectivity index (χ1n) is 9.33. The number of benzene rings is 2. The highest BCUT2D eigenvalue weighted by molar-refractivity contribution is 5.90. The molecule has 1 fully saturated rings. The molecule has 30 heavy (non-hydrogen) atoms. The van der Waals surface area contributed by atoms with E-state index in [9.17, 15) is 14.0 Å². The van der Waals surface area contributed by atoms with Crippen molar-refractivity contribution < 1.29 is 18.7 Å². The number of hydrogen-bond acceptors (Lipinski definition) is 6. The molecule has 10 heteroatoms. The molecule has 1 aromatic heterocycles. The summed E-state index contributed by atoms with van der Waals surface area (Å²) in [6.07, 6.45) is -0.520. The molecule has 1 atom stereocenters. The van der Waals surface area contributed by atoms with Crippen LogP contribution in [0.25, 0.3) is 11.1 Å². The van der Waals surface area contributed by atoms with Gasteiger partial charge in [0.2, 0.25) is 5.91 Å². The number of amides is 2. The Labute approximate surface area is 171 Å². The Kier molecular flexibility index (Phi) is 5.38. The van der Waals surface area contributed by atoms with Crippen molar-refractivity contribution in [3.05, 3.63) is 59.7 Å². The SMILES string of the molecule is CC(=O)NCC1CN(c2ccc(-c3ccc(Cc4nn[nH]n4)cc3)c(F)c2)C(=O)O1. The van der Waals surface area contributed by atoms with Gasteiger partial charge in [0.1, 0.15) is 11.9 Å². The lowest BCUT2D eigenvalue weighted by molar-refractivity contribution is -0.119. The second kappa shape index (κ2) is 8.27. The van der Waals surface area contributed by atoms with Crippen LogP contribution in [0.1, 0.15) is 18.3 Å². The molecule has 3 aromatic rings. The fourth-order valence-corrected chi connectivity index (χ4v) is 3.24. The van der Waals surface area contributed by atoms with E-state index in [0.29, 0.717) is 29.1 Å². The van der Waals surface area contributed by atoms with Crippen molar-refractivity contribution in [1.82, 2.24) is 25.9 Å². The first kappa shape index (κ1) is 19.5. The summed E-state index contributed by atoms with van der Waals surface area (Å²) in [5.41, 5.74) is 2.51. The maximum absolute atomic E-state index is 14.8. The molecule has 1 aliphatic heterocycles. The smallest absolute Gasteiger partial charge is 0.414 e. The molecule has 0 saturated carbocycles. The predicted molar refractivity (Wildman–Crippen MR) is 105 cm³/mol. The van der Waals surface area contributed by atoms with Gasteiger partial charge in [0.05, 0.1) is 18.8 Å². The maximum atomic E-state index is 14.8. The molecule has 0 bridgehead atoms. The van der Waals surface area contributed by atoms with E-state index < -0.39 is 18.0 Å². The van der Waals surface area contributed by atoms with Crippen LogP contribution in [0.15, 0.2) is 42.5 Å². The van der Waals surface area contributed by atoms with Crippen molar-refractivity contribution in [2.24, 2.45) is 0 Å². The predicted octanol–water partition coefficient (Wildman–Crippen LogP) is 2.06. The average Bonchev–Trinajstić information content (AvgIpc) is 3.36. The number of aromatic nitrogens is 4. The second-order valence-electron chi connectivity index (χ2n) is 6.92. The van der Waals surface area contributed by atoms with Crippen molar-refractivity contribution in [3.8, 4) is 11.1 Å². The number of anilines is 1. The van der Waals surface area contributed by atoms with E-state index in [1.807, 2.05) is 24.3 Å². The summed E-state index contributed by atoms with van der Waals surface area (Å²) in [6, 6.07) is 12.0. The van der Waals surface area contributed by atoms with Gasteiger partial charge in [0.25, 0.3) is 0 Å². The largest absolute Gasteiger partial charge is 0.442 e. The monoisotopic (exact) mass is 410 g/mol. The lowest BCUT2D eigenvalue weighted by Gasteiger charge is -2.14. The van der Waals surface area contributed by atoms with Crippen LogP contribution in [0.3, 0.4) is 0 Å². The number of tetrazole rings is 1. The van der Waals surface area contributed by atoms with E-state index in [4.69, 9.17) is 4.74 Å². The Balaban J connectivity index is 1.47. The van der Waals surface area contributed by atoms with Crippen molar-refractivity contribution in [2.75, 3.05) is 18.0 Å². The number of nitrogens with zero attached hydrogens (tertiary/aromatic N) is 4. The number of hydrogen-bond donors (Lipinski definition) is 2. The fourth-order valence-electron chi connectivity index (χ4n) is 3.24. The molecule has 2 amide bonds. The van der Waals surface area contributed by atoms with E-state index in [0.717, 1.165) is 5.56 Å². The van der Waals surface area contributed by atoms with E-state index in [1.54, 1.807) is 12.1 Å². The summed E-state index contributed by atoms with van der Waals surface area (Å²) in [6.45, 7) is 1.84. The number of cyclic esters (lactones) is 1. The van der Waals surface area contributed by atoms with Crippen molar-refractivity contribution in [1.29, 1.82) is 0 Å². The third-order valence-electron chi connectivity index (χ3n) is 4.73. The lowest BCUT2D eigenvalue weighted by Crippen LogP contribution is -2.33. The summed E-state index contributed by atoms with van der Waals surface area (Å²) in [5, 5.41) is 16.4. The Morgan fingerprint density at radius 1 is 1.30 bits per heavy atom. The molecule has 0 spiro atoms. The Morgan fingerprint density at radius 2 is 2.10 bits per heavy atom. The van der Waals surface area contributed by atoms with Gasteiger partial charge >= 0.3 is 6.09 Å². The minimum Gasteiger partial charge on any atom is -0.442 e. The van der Waals surface area contributed by atoms with Crippen LogP contribution in [-0.2, 0) is 16.0 Å². The molecular weight excluding hydrogens is 391 g/mol. The van der Waals surface area contributed by atoms with Gasteiger partial charge in [-0.15, -0.1) is 10.2 Å². The van der Waals surface area contributed by atoms with Crippen LogP contribution in [0.2, 0.25) is 0 Å². The highest BCUT2D eigenvalue weighted by atomic mass is 19.1. The zero-order valence-electron chi connectivity index (χ0n) is 16.1. The van der Waals surface area contributed by atoms with Crippen LogP contribution in [0, 0.1) is 5.82 Å². The molecule has 0 radical (unpaired) electrons. The lowest BCUT2D eigenvalue weighted by atomic mass is 10.0. The van der Waals surface area contributed by atoms with Crippen LogP contribution in [-0.4, -0.2) is 51.8 Å². The van der Waals surface area contributed by atoms with Crippen molar-refractivity contribution >= 4 is 17.7 Å². The standard InChI is InChI=1S/C20H19FN6O3/c1-12(28)22-10-16-11-27(20(29)30-16)15-6-7-17(18(21)9-15)14-4-2-13(3-5-14)8-19-23-25-26-24-19/h2-7,9,16H,8,10-11H2,1H3,(H,22,28)(H,23,24,25,26). The number of ether oxygens (including phenoxy) is 1. The summed E-state index contributed by atoms with van der Waals surface area (Å²) in [5.74, 6) is -0.0766. The summed E-state index contributed by atoms with van der Waals surface area (Å²) in [4.78, 5) is 24.5. The number of carbonyl (C=O) groups excluding carboxylic acids is 2. The van der Waals surface area contributed by atoms with Gasteiger partial charge in [-0.3, -0.25) is 9.69 Å². The zero-order chi connectivity index (χ0) is 21.1. The Bertz CT molecular complexity index is 1050. The van der Waals surface area contributed by atoms with Crippen molar-refractivity contribution in [2.45, 2.75) is 19.4 Å². The summed E-state index contributed by atoms with van der Waals surface area (Å²) >= 11 is 0. The topological polar surface area (TPSA) is 113 Å². The second-order valence-corrected chi connectivity index (χ2v) is 6.92. The average molecular weight is 410 g/mol. The highest BCUT2D eigenvalue weighted by Crippen LogP contribution is 2.29. The Hall–Kier alpha value is -3.82. The normalized spacial score (nSPS) is 15.9. The molecule has 1 saturated heterocycles. The molecule has 154 valence electrons. The molecule has 9 nitrogen and oxygen atoms in total. The molecule has 4 rings (SSSR count). The van der Waals surface area contributed by atoms with E-state index in [1.165, 1.54) is 17.9 Å². The molecule has 0 aliphatic carbocycles. The van der Waals surface area contributed by atoms with Crippen LogP contribution >= 0.6 is 0 Å². The number of nitrogens with one attached hydrogen (secondary N) is 2. The van der Waals surface area contributed by atoms with Gasteiger partial charge in [0.15, 0.2) is 5.82 Å². The molecule has 1 unspecified atom stereocenters. The van der Waals surface area contributed by atoms with Crippen LogP contribution in [0.5, 0.6) is 0 Å². The maximum Gasteiger partial charge on any atom is 0.414 e. The van der Waals surface area contributed by atoms with Gasteiger partial charge < -0.3 is 10.1 Å². The number of aromatic amines is 1. The van der Waals surface area contributed by atoms with E-state index >= 15 is 0 Å². The molecule has 2 aromatic carbocycles. The van der Waals surface area contributed by atoms with Gasteiger partial charge in [-0.1, -0.05) is 29.5 Å². The highest BCUT2D eigenvalue weighted by Gasteiger charge is 2.32. The molecular formula is C20H19FN6O3. The minimum atomic E-state index is -0.566. The van der Waals surface area contributed by atoms with E-state index in [2.05, 4.69) is 25.9 Å². The van der Waals surface area contributed by atoms with Gasteiger partial charge in [-0.05, 0) is 29.3 Å². The third-order valence-corrected chi connectivity index (χ3v) is 4.73. The van der Waals surface area contributed by atoms with Crippen LogP contribution in [0.4, 0.5) is 14.9 Å². The minimum absolute atomic E-state index is 0.205. The molecule has 2 heterocycles. The van der Waals surface area contributed by atoms with E-state index in [-0.39, 0.29) is 19.0 Å². The fraction of sp³-hybridized carbons (Fsp3) is 0.250. The summed E-state index contributed by atoms with van der Waals surface area (Å²) < 4.78 is 20.0. The quantitative estimate of drug-likeness (QED) is 0.643. The van der Waals surface area contributed by atoms with Crippen LogP contribution < -0.4 is 10.2 Å². The number of H-pyrrole nitrogens is 1. The zero-order valence-corrected chi connectivity index (χ0v) is 16.1. The third kappa shape index (κ3) is 4.27. The summed E-state index contributed by atoms with van der Waals surface area (Å²) in [7, 11) is 0. The number of halogens is 1. The number of rotatable bonds is 6.